The van der Waals surface area contributed by atoms with E-state index in [4.69, 9.17) is 5.73 Å². The molecule has 0 spiro atoms. The Hall–Kier alpha value is -1.69. The van der Waals surface area contributed by atoms with Crippen molar-refractivity contribution in [3.8, 4) is 0 Å². The lowest BCUT2D eigenvalue weighted by Crippen LogP contribution is -2.34. The smallest absolute Gasteiger partial charge is 0.274 e. The standard InChI is InChI=1S/C10H14N4O2/c1-10(16)4-5-14(6-10)9(15)7-2-3-8(11)13-12-7/h2-3,16H,4-6H2,1H3,(H2,11,13). The van der Waals surface area contributed by atoms with E-state index < -0.39 is 5.60 Å². The van der Waals surface area contributed by atoms with Gasteiger partial charge in [0.25, 0.3) is 5.91 Å². The number of nitrogens with two attached hydrogens (primary N) is 1. The molecular weight excluding hydrogens is 208 g/mol. The minimum absolute atomic E-state index is 0.217. The first-order chi connectivity index (χ1) is 7.48. The van der Waals surface area contributed by atoms with E-state index in [0.717, 1.165) is 0 Å². The van der Waals surface area contributed by atoms with Gasteiger partial charge in [0.2, 0.25) is 0 Å². The molecule has 6 nitrogen and oxygen atoms in total. The molecule has 0 aromatic carbocycles. The molecule has 0 bridgehead atoms. The molecule has 6 heteroatoms. The molecule has 0 aliphatic carbocycles. The molecule has 1 aromatic rings. The van der Waals surface area contributed by atoms with E-state index in [1.807, 2.05) is 0 Å². The number of carbonyl (C=O) groups excluding carboxylic acids is 1. The molecular formula is C10H14N4O2. The summed E-state index contributed by atoms with van der Waals surface area (Å²) in [6.07, 6.45) is 0.584. The first-order valence-electron chi connectivity index (χ1n) is 5.09. The highest BCUT2D eigenvalue weighted by atomic mass is 16.3. The van der Waals surface area contributed by atoms with Crippen molar-refractivity contribution in [2.45, 2.75) is 18.9 Å². The third-order valence-corrected chi connectivity index (χ3v) is 2.64. The summed E-state index contributed by atoms with van der Waals surface area (Å²) in [5.41, 5.74) is 4.85. The number of aromatic nitrogens is 2. The minimum atomic E-state index is -0.795. The predicted molar refractivity (Wildman–Crippen MR) is 57.6 cm³/mol. The Bertz CT molecular complexity index is 402. The molecule has 16 heavy (non-hydrogen) atoms. The summed E-state index contributed by atoms with van der Waals surface area (Å²) in [4.78, 5) is 13.5. The highest BCUT2D eigenvalue weighted by Gasteiger charge is 2.34. The number of rotatable bonds is 1. The van der Waals surface area contributed by atoms with Gasteiger partial charge in [0, 0.05) is 13.1 Å². The molecule has 1 atom stereocenters. The van der Waals surface area contributed by atoms with Gasteiger partial charge in [0.05, 0.1) is 5.60 Å². The Morgan fingerprint density at radius 2 is 2.31 bits per heavy atom. The molecule has 0 saturated carbocycles. The van der Waals surface area contributed by atoms with Crippen molar-refractivity contribution < 1.29 is 9.90 Å². The quantitative estimate of drug-likeness (QED) is 0.678. The molecule has 1 fully saturated rings. The van der Waals surface area contributed by atoms with E-state index in [-0.39, 0.29) is 17.4 Å². The normalized spacial score (nSPS) is 24.8. The average molecular weight is 222 g/mol. The lowest BCUT2D eigenvalue weighted by atomic mass is 10.1. The van der Waals surface area contributed by atoms with Crippen molar-refractivity contribution in [1.82, 2.24) is 15.1 Å². The van der Waals surface area contributed by atoms with Gasteiger partial charge in [-0.1, -0.05) is 0 Å². The summed E-state index contributed by atoms with van der Waals surface area (Å²) >= 11 is 0. The van der Waals surface area contributed by atoms with Crippen molar-refractivity contribution in [3.05, 3.63) is 17.8 Å². The van der Waals surface area contributed by atoms with Crippen LogP contribution in [0.1, 0.15) is 23.8 Å². The largest absolute Gasteiger partial charge is 0.388 e. The zero-order valence-electron chi connectivity index (χ0n) is 9.05. The molecule has 86 valence electrons. The fourth-order valence-corrected chi connectivity index (χ4v) is 1.74. The van der Waals surface area contributed by atoms with Gasteiger partial charge in [-0.15, -0.1) is 10.2 Å². The van der Waals surface area contributed by atoms with Crippen molar-refractivity contribution in [2.24, 2.45) is 0 Å². The second-order valence-corrected chi connectivity index (χ2v) is 4.32. The summed E-state index contributed by atoms with van der Waals surface area (Å²) in [5.74, 6) is 0.0650. The maximum Gasteiger partial charge on any atom is 0.274 e. The van der Waals surface area contributed by atoms with Crippen LogP contribution in [0.4, 0.5) is 5.82 Å². The van der Waals surface area contributed by atoms with Crippen LogP contribution >= 0.6 is 0 Å². The van der Waals surface area contributed by atoms with Crippen LogP contribution in [0.3, 0.4) is 0 Å². The summed E-state index contributed by atoms with van der Waals surface area (Å²) < 4.78 is 0. The number of aliphatic hydroxyl groups is 1. The van der Waals surface area contributed by atoms with Crippen LogP contribution in [0.15, 0.2) is 12.1 Å². The Labute approximate surface area is 93.1 Å². The number of amides is 1. The molecule has 1 saturated heterocycles. The number of carbonyl (C=O) groups is 1. The monoisotopic (exact) mass is 222 g/mol. The van der Waals surface area contributed by atoms with Crippen molar-refractivity contribution in [3.63, 3.8) is 0 Å². The van der Waals surface area contributed by atoms with Crippen LogP contribution < -0.4 is 5.73 Å². The third kappa shape index (κ3) is 2.11. The van der Waals surface area contributed by atoms with Crippen LogP contribution in [0, 0.1) is 0 Å². The van der Waals surface area contributed by atoms with Crippen LogP contribution in [-0.2, 0) is 0 Å². The molecule has 1 aliphatic rings. The number of β-amino-alcohol motifs (C(OH)–C–C–N with tert-alkyl or cyclic N) is 1. The van der Waals surface area contributed by atoms with Gasteiger partial charge in [-0.3, -0.25) is 4.79 Å². The first-order valence-corrected chi connectivity index (χ1v) is 5.09. The first kappa shape index (κ1) is 10.8. The van der Waals surface area contributed by atoms with Gasteiger partial charge in [-0.05, 0) is 25.5 Å². The zero-order valence-corrected chi connectivity index (χ0v) is 9.05. The highest BCUT2D eigenvalue weighted by Crippen LogP contribution is 2.21. The molecule has 1 aliphatic heterocycles. The number of hydrogen-bond donors (Lipinski definition) is 2. The molecule has 1 aromatic heterocycles. The molecule has 0 radical (unpaired) electrons. The number of hydrogen-bond acceptors (Lipinski definition) is 5. The maximum atomic E-state index is 11.9. The van der Waals surface area contributed by atoms with E-state index in [1.54, 1.807) is 11.8 Å². The Kier molecular flexibility index (Phi) is 2.51. The molecule has 2 heterocycles. The number of anilines is 1. The zero-order chi connectivity index (χ0) is 11.8. The number of nitrogen functional groups attached to an aromatic ring is 1. The van der Waals surface area contributed by atoms with Crippen LogP contribution in [-0.4, -0.2) is 44.8 Å². The van der Waals surface area contributed by atoms with Crippen molar-refractivity contribution in [1.29, 1.82) is 0 Å². The highest BCUT2D eigenvalue weighted by molar-refractivity contribution is 5.92. The minimum Gasteiger partial charge on any atom is -0.388 e. The van der Waals surface area contributed by atoms with Crippen molar-refractivity contribution in [2.75, 3.05) is 18.8 Å². The second kappa shape index (κ2) is 3.71. The van der Waals surface area contributed by atoms with Crippen molar-refractivity contribution >= 4 is 11.7 Å². The summed E-state index contributed by atoms with van der Waals surface area (Å²) in [6.45, 7) is 2.59. The Morgan fingerprint density at radius 3 is 2.81 bits per heavy atom. The SMILES string of the molecule is CC1(O)CCN(C(=O)c2ccc(N)nn2)C1. The lowest BCUT2D eigenvalue weighted by molar-refractivity contribution is 0.0568. The van der Waals surface area contributed by atoms with E-state index in [2.05, 4.69) is 10.2 Å². The average Bonchev–Trinajstić information content (AvgIpc) is 2.59. The topological polar surface area (TPSA) is 92.3 Å². The Balaban J connectivity index is 2.12. The van der Waals surface area contributed by atoms with Gasteiger partial charge in [0.15, 0.2) is 5.69 Å². The fourth-order valence-electron chi connectivity index (χ4n) is 1.74. The second-order valence-electron chi connectivity index (χ2n) is 4.32. The van der Waals surface area contributed by atoms with E-state index in [1.165, 1.54) is 12.1 Å². The summed E-state index contributed by atoms with van der Waals surface area (Å²) in [7, 11) is 0. The maximum absolute atomic E-state index is 11.9. The predicted octanol–water partition coefficient (Wildman–Crippen LogP) is -0.344. The Morgan fingerprint density at radius 1 is 1.56 bits per heavy atom. The molecule has 1 unspecified atom stereocenters. The van der Waals surface area contributed by atoms with Gasteiger partial charge in [0.1, 0.15) is 5.82 Å². The van der Waals surface area contributed by atoms with Gasteiger partial charge < -0.3 is 15.7 Å². The number of likely N-dealkylation sites (tertiary alicyclic amines) is 1. The third-order valence-electron chi connectivity index (χ3n) is 2.64. The van der Waals surface area contributed by atoms with E-state index in [0.29, 0.717) is 19.5 Å². The summed E-state index contributed by atoms with van der Waals surface area (Å²) in [5, 5.41) is 17.1. The van der Waals surface area contributed by atoms with E-state index >= 15 is 0 Å². The van der Waals surface area contributed by atoms with Crippen LogP contribution in [0.25, 0.3) is 0 Å². The van der Waals surface area contributed by atoms with Gasteiger partial charge in [-0.25, -0.2) is 0 Å². The fraction of sp³-hybridized carbons (Fsp3) is 0.500. The van der Waals surface area contributed by atoms with Crippen LogP contribution in [0.5, 0.6) is 0 Å². The van der Waals surface area contributed by atoms with E-state index in [9.17, 15) is 9.90 Å². The summed E-state index contributed by atoms with van der Waals surface area (Å²) in [6, 6.07) is 3.08. The van der Waals surface area contributed by atoms with Gasteiger partial charge >= 0.3 is 0 Å². The number of nitrogens with zero attached hydrogens (tertiary/aromatic N) is 3. The molecule has 2 rings (SSSR count). The van der Waals surface area contributed by atoms with Gasteiger partial charge in [-0.2, -0.15) is 0 Å². The molecule has 1 amide bonds. The lowest BCUT2D eigenvalue weighted by Gasteiger charge is -2.18. The van der Waals surface area contributed by atoms with Crippen LogP contribution in [0.2, 0.25) is 0 Å². The molecule has 3 N–H and O–H groups in total.